The van der Waals surface area contributed by atoms with Gasteiger partial charge in [0.1, 0.15) is 0 Å². The molecule has 0 bridgehead atoms. The van der Waals surface area contributed by atoms with E-state index in [2.05, 4.69) is 52.0 Å². The second kappa shape index (κ2) is 7.21. The third-order valence-electron chi connectivity index (χ3n) is 9.15. The van der Waals surface area contributed by atoms with E-state index in [0.29, 0.717) is 16.7 Å². The maximum absolute atomic E-state index is 10.2. The van der Waals surface area contributed by atoms with Crippen molar-refractivity contribution in [2.75, 3.05) is 0 Å². The quantitative estimate of drug-likeness (QED) is 0.539. The number of aliphatic hydroxyl groups is 1. The average molecular weight is 369 g/mol. The van der Waals surface area contributed by atoms with Crippen LogP contribution in [0.2, 0.25) is 0 Å². The van der Waals surface area contributed by atoms with Crippen molar-refractivity contribution in [1.29, 1.82) is 0 Å². The van der Waals surface area contributed by atoms with Crippen LogP contribution in [0, 0.1) is 34.5 Å². The van der Waals surface area contributed by atoms with Crippen molar-refractivity contribution >= 4 is 0 Å². The maximum Gasteiger partial charge on any atom is 0.0578 e. The molecule has 1 heteroatoms. The first-order valence-electron chi connectivity index (χ1n) is 11.7. The smallest absolute Gasteiger partial charge is 0.0578 e. The normalized spacial score (nSPS) is 44.9. The van der Waals surface area contributed by atoms with Crippen LogP contribution < -0.4 is 0 Å². The van der Waals surface area contributed by atoms with Crippen LogP contribution >= 0.6 is 0 Å². The summed E-state index contributed by atoms with van der Waals surface area (Å²) in [7, 11) is 0. The monoisotopic (exact) mass is 368 g/mol. The Hall–Kier alpha value is -0.820. The summed E-state index contributed by atoms with van der Waals surface area (Å²) in [5, 5.41) is 10.2. The van der Waals surface area contributed by atoms with Crippen LogP contribution in [-0.4, -0.2) is 11.2 Å². The molecular weight excluding hydrogens is 328 g/mol. The van der Waals surface area contributed by atoms with Gasteiger partial charge >= 0.3 is 0 Å². The minimum absolute atomic E-state index is 0.111. The van der Waals surface area contributed by atoms with Crippen molar-refractivity contribution in [2.24, 2.45) is 34.5 Å². The Morgan fingerprint density at radius 2 is 1.93 bits per heavy atom. The second-order valence-electron chi connectivity index (χ2n) is 10.6. The molecule has 3 saturated carbocycles. The highest BCUT2D eigenvalue weighted by Gasteiger charge is 2.56. The number of hydrogen-bond acceptors (Lipinski definition) is 1. The van der Waals surface area contributed by atoms with E-state index in [1.54, 1.807) is 5.57 Å². The lowest BCUT2D eigenvalue weighted by Crippen LogP contribution is -2.46. The Balaban J connectivity index is 1.60. The summed E-state index contributed by atoms with van der Waals surface area (Å²) in [6, 6.07) is 0. The minimum atomic E-state index is -0.111. The van der Waals surface area contributed by atoms with Gasteiger partial charge in [0.25, 0.3) is 0 Å². The molecule has 3 fully saturated rings. The molecule has 1 N–H and O–H groups in total. The number of fused-ring (bicyclic) bond motifs is 5. The molecule has 1 nitrogen and oxygen atoms in total. The van der Waals surface area contributed by atoms with Crippen molar-refractivity contribution < 1.29 is 5.11 Å². The third kappa shape index (κ3) is 3.09. The summed E-state index contributed by atoms with van der Waals surface area (Å²) in [6.45, 7) is 9.86. The average Bonchev–Trinajstić information content (AvgIpc) is 3.00. The number of aliphatic hydroxyl groups excluding tert-OH is 1. The van der Waals surface area contributed by atoms with Gasteiger partial charge in [-0.15, -0.1) is 0 Å². The van der Waals surface area contributed by atoms with E-state index in [4.69, 9.17) is 0 Å². The van der Waals surface area contributed by atoms with Gasteiger partial charge in [0.05, 0.1) is 6.10 Å². The van der Waals surface area contributed by atoms with Crippen molar-refractivity contribution in [3.05, 3.63) is 35.5 Å². The molecule has 0 aromatic carbocycles. The maximum atomic E-state index is 10.2. The summed E-state index contributed by atoms with van der Waals surface area (Å²) in [5.41, 5.74) is 4.10. The van der Waals surface area contributed by atoms with Crippen molar-refractivity contribution in [1.82, 2.24) is 0 Å². The molecule has 27 heavy (non-hydrogen) atoms. The number of hydrogen-bond donors (Lipinski definition) is 1. The van der Waals surface area contributed by atoms with E-state index in [0.717, 1.165) is 30.6 Å². The van der Waals surface area contributed by atoms with Crippen LogP contribution in [0.4, 0.5) is 0 Å². The molecule has 0 saturated heterocycles. The van der Waals surface area contributed by atoms with E-state index >= 15 is 0 Å². The Morgan fingerprint density at radius 1 is 1.11 bits per heavy atom. The SMILES string of the molecule is CCC/C=C/[C@@H](C)C1CCC2C3=CC=C4C[C@@H](O)CCC4(C)C3CCC21C. The van der Waals surface area contributed by atoms with Crippen LogP contribution in [0.5, 0.6) is 0 Å². The molecular formula is C26H40O. The Kier molecular flexibility index (Phi) is 5.21. The first kappa shape index (κ1) is 19.5. The summed E-state index contributed by atoms with van der Waals surface area (Å²) in [6.07, 6.45) is 20.8. The van der Waals surface area contributed by atoms with E-state index in [1.165, 1.54) is 50.5 Å². The van der Waals surface area contributed by atoms with E-state index in [9.17, 15) is 5.11 Å². The Bertz CT molecular complexity index is 655. The second-order valence-corrected chi connectivity index (χ2v) is 10.6. The van der Waals surface area contributed by atoms with Gasteiger partial charge in [-0.25, -0.2) is 0 Å². The van der Waals surface area contributed by atoms with Crippen LogP contribution in [-0.2, 0) is 0 Å². The van der Waals surface area contributed by atoms with Gasteiger partial charge in [0.2, 0.25) is 0 Å². The zero-order valence-electron chi connectivity index (χ0n) is 18.0. The standard InChI is InChI=1S/C26H40O/c1-5-6-7-8-18(2)22-11-12-23-21-10-9-19-17-20(27)13-15-25(19,3)24(21)14-16-26(22,23)4/h7-10,18,20,22-24,27H,5-6,11-17H2,1-4H3/b8-7+/t18-,20+,22?,23?,24?,25?,26?/m1/s1. The molecule has 0 spiro atoms. The summed E-state index contributed by atoms with van der Waals surface area (Å²) >= 11 is 0. The van der Waals surface area contributed by atoms with Crippen LogP contribution in [0.3, 0.4) is 0 Å². The molecule has 5 unspecified atom stereocenters. The minimum Gasteiger partial charge on any atom is -0.393 e. The fourth-order valence-corrected chi connectivity index (χ4v) is 7.50. The molecule has 0 amide bonds. The zero-order chi connectivity index (χ0) is 19.2. The van der Waals surface area contributed by atoms with Gasteiger partial charge < -0.3 is 5.11 Å². The highest BCUT2D eigenvalue weighted by atomic mass is 16.3. The van der Waals surface area contributed by atoms with Crippen LogP contribution in [0.1, 0.15) is 85.5 Å². The molecule has 0 aliphatic heterocycles. The van der Waals surface area contributed by atoms with Gasteiger partial charge in [0, 0.05) is 0 Å². The van der Waals surface area contributed by atoms with E-state index in [1.807, 2.05) is 0 Å². The van der Waals surface area contributed by atoms with Crippen LogP contribution in [0.15, 0.2) is 35.5 Å². The molecule has 150 valence electrons. The fraction of sp³-hybridized carbons (Fsp3) is 0.769. The molecule has 4 rings (SSSR count). The third-order valence-corrected chi connectivity index (χ3v) is 9.15. The number of rotatable bonds is 4. The van der Waals surface area contributed by atoms with Crippen molar-refractivity contribution in [3.63, 3.8) is 0 Å². The molecule has 7 atom stereocenters. The summed E-state index contributed by atoms with van der Waals surface area (Å²) in [5.74, 6) is 3.06. The molecule has 0 aromatic rings. The summed E-state index contributed by atoms with van der Waals surface area (Å²) < 4.78 is 0. The van der Waals surface area contributed by atoms with E-state index < -0.39 is 0 Å². The Morgan fingerprint density at radius 3 is 2.70 bits per heavy atom. The van der Waals surface area contributed by atoms with Gasteiger partial charge in [-0.1, -0.05) is 69.6 Å². The number of allylic oxidation sites excluding steroid dienone is 5. The van der Waals surface area contributed by atoms with Crippen molar-refractivity contribution in [3.8, 4) is 0 Å². The largest absolute Gasteiger partial charge is 0.393 e. The lowest BCUT2D eigenvalue weighted by atomic mass is 9.50. The lowest BCUT2D eigenvalue weighted by Gasteiger charge is -2.55. The topological polar surface area (TPSA) is 20.2 Å². The summed E-state index contributed by atoms with van der Waals surface area (Å²) in [4.78, 5) is 0. The predicted molar refractivity (Wildman–Crippen MR) is 114 cm³/mol. The van der Waals surface area contributed by atoms with E-state index in [-0.39, 0.29) is 6.10 Å². The lowest BCUT2D eigenvalue weighted by molar-refractivity contribution is 0.0383. The van der Waals surface area contributed by atoms with Crippen LogP contribution in [0.25, 0.3) is 0 Å². The number of unbranched alkanes of at least 4 members (excludes halogenated alkanes) is 1. The van der Waals surface area contributed by atoms with Gasteiger partial charge in [-0.2, -0.15) is 0 Å². The fourth-order valence-electron chi connectivity index (χ4n) is 7.50. The molecule has 0 aromatic heterocycles. The Labute approximate surface area is 167 Å². The first-order valence-corrected chi connectivity index (χ1v) is 11.7. The molecule has 4 aliphatic rings. The predicted octanol–water partition coefficient (Wildman–Crippen LogP) is 6.84. The van der Waals surface area contributed by atoms with Gasteiger partial charge in [0.15, 0.2) is 0 Å². The van der Waals surface area contributed by atoms with Gasteiger partial charge in [-0.05, 0) is 85.9 Å². The molecule has 0 heterocycles. The molecule has 0 radical (unpaired) electrons. The molecule has 4 aliphatic carbocycles. The highest BCUT2D eigenvalue weighted by molar-refractivity contribution is 5.39. The van der Waals surface area contributed by atoms with Crippen molar-refractivity contribution in [2.45, 2.75) is 91.6 Å². The zero-order valence-corrected chi connectivity index (χ0v) is 18.0. The van der Waals surface area contributed by atoms with Gasteiger partial charge in [-0.3, -0.25) is 0 Å². The first-order chi connectivity index (χ1) is 12.9. The highest BCUT2D eigenvalue weighted by Crippen LogP contribution is 2.65.